The number of anilines is 1. The van der Waals surface area contributed by atoms with Crippen LogP contribution in [0.1, 0.15) is 0 Å². The van der Waals surface area contributed by atoms with E-state index in [1.807, 2.05) is 0 Å². The molecule has 2 aromatic heterocycles. The van der Waals surface area contributed by atoms with Gasteiger partial charge >= 0.3 is 0 Å². The highest BCUT2D eigenvalue weighted by molar-refractivity contribution is 7.99. The van der Waals surface area contributed by atoms with Gasteiger partial charge in [0.1, 0.15) is 10.7 Å². The number of nitrogens with one attached hydrogen (secondary N) is 1. The molecule has 134 valence electrons. The molecule has 0 aliphatic rings. The molecule has 1 aromatic carbocycles. The highest BCUT2D eigenvalue weighted by Gasteiger charge is 2.10. The van der Waals surface area contributed by atoms with Crippen LogP contribution in [0.2, 0.25) is 0 Å². The highest BCUT2D eigenvalue weighted by Crippen LogP contribution is 2.20. The average molecular weight is 390 g/mol. The van der Waals surface area contributed by atoms with Gasteiger partial charge in [0.2, 0.25) is 15.9 Å². The number of carbonyl (C=O) groups excluding carboxylic acids is 1. The van der Waals surface area contributed by atoms with Gasteiger partial charge < -0.3 is 9.73 Å². The lowest BCUT2D eigenvalue weighted by atomic mass is 10.3. The number of thioether (sulfide) groups is 1. The van der Waals surface area contributed by atoms with Gasteiger partial charge in [-0.3, -0.25) is 4.79 Å². The topological polar surface area (TPSA) is 128 Å². The second-order valence-corrected chi connectivity index (χ2v) is 7.70. The SMILES string of the molecule is NS(=O)(=O)c1cccc(NC(=O)CSc2ccc(-c3ccco3)nn2)c1. The molecule has 0 aliphatic heterocycles. The molecule has 3 N–H and O–H groups in total. The summed E-state index contributed by atoms with van der Waals surface area (Å²) in [5, 5.41) is 16.3. The van der Waals surface area contributed by atoms with Crippen molar-refractivity contribution in [3.05, 3.63) is 54.8 Å². The van der Waals surface area contributed by atoms with Crippen LogP contribution < -0.4 is 10.5 Å². The number of amides is 1. The number of hydrogen-bond donors (Lipinski definition) is 2. The maximum atomic E-state index is 12.0. The lowest BCUT2D eigenvalue weighted by Gasteiger charge is -2.06. The van der Waals surface area contributed by atoms with E-state index in [2.05, 4.69) is 15.5 Å². The van der Waals surface area contributed by atoms with Crippen LogP contribution in [0.25, 0.3) is 11.5 Å². The van der Waals surface area contributed by atoms with E-state index in [1.54, 1.807) is 36.6 Å². The van der Waals surface area contributed by atoms with Crippen molar-refractivity contribution in [2.24, 2.45) is 5.14 Å². The van der Waals surface area contributed by atoms with Crippen LogP contribution in [0, 0.1) is 0 Å². The van der Waals surface area contributed by atoms with Crippen molar-refractivity contribution in [2.75, 3.05) is 11.1 Å². The Hall–Kier alpha value is -2.69. The van der Waals surface area contributed by atoms with Crippen LogP contribution in [-0.2, 0) is 14.8 Å². The van der Waals surface area contributed by atoms with Gasteiger partial charge in [-0.1, -0.05) is 17.8 Å². The lowest BCUT2D eigenvalue weighted by molar-refractivity contribution is -0.113. The van der Waals surface area contributed by atoms with E-state index < -0.39 is 10.0 Å². The Bertz CT molecular complexity index is 1000. The van der Waals surface area contributed by atoms with E-state index in [-0.39, 0.29) is 16.6 Å². The summed E-state index contributed by atoms with van der Waals surface area (Å²) in [6.07, 6.45) is 1.55. The zero-order chi connectivity index (χ0) is 18.6. The fraction of sp³-hybridized carbons (Fsp3) is 0.0625. The molecule has 26 heavy (non-hydrogen) atoms. The predicted molar refractivity (Wildman–Crippen MR) is 96.9 cm³/mol. The molecule has 0 unspecified atom stereocenters. The molecule has 0 radical (unpaired) electrons. The first-order valence-electron chi connectivity index (χ1n) is 7.35. The van der Waals surface area contributed by atoms with Crippen LogP contribution in [0.15, 0.2) is 69.1 Å². The number of hydrogen-bond acceptors (Lipinski definition) is 7. The molecule has 8 nitrogen and oxygen atoms in total. The number of nitrogens with two attached hydrogens (primary N) is 1. The van der Waals surface area contributed by atoms with Gasteiger partial charge in [0.25, 0.3) is 0 Å². The Morgan fingerprint density at radius 2 is 2.00 bits per heavy atom. The number of rotatable bonds is 6. The molecule has 3 aromatic rings. The molecule has 3 rings (SSSR count). The Balaban J connectivity index is 1.57. The third-order valence-electron chi connectivity index (χ3n) is 3.21. The van der Waals surface area contributed by atoms with E-state index in [0.29, 0.717) is 22.2 Å². The standard InChI is InChI=1S/C16H14N4O4S2/c17-26(22,23)12-4-1-3-11(9-12)18-15(21)10-25-16-7-6-13(19-20-16)14-5-2-8-24-14/h1-9H,10H2,(H,18,21)(H2,17,22,23). The quantitative estimate of drug-likeness (QED) is 0.617. The maximum absolute atomic E-state index is 12.0. The van der Waals surface area contributed by atoms with Gasteiger partial charge in [0, 0.05) is 5.69 Å². The summed E-state index contributed by atoms with van der Waals surface area (Å²) in [5.41, 5.74) is 0.949. The van der Waals surface area contributed by atoms with Crippen molar-refractivity contribution < 1.29 is 17.6 Å². The molecule has 0 saturated heterocycles. The number of carbonyl (C=O) groups is 1. The van der Waals surface area contributed by atoms with Gasteiger partial charge in [-0.2, -0.15) is 0 Å². The van der Waals surface area contributed by atoms with Gasteiger partial charge in [0.15, 0.2) is 5.76 Å². The lowest BCUT2D eigenvalue weighted by Crippen LogP contribution is -2.16. The van der Waals surface area contributed by atoms with Crippen LogP contribution in [0.5, 0.6) is 0 Å². The summed E-state index contributed by atoms with van der Waals surface area (Å²) >= 11 is 1.20. The second kappa shape index (κ2) is 7.68. The fourth-order valence-corrected chi connectivity index (χ4v) is 3.21. The molecule has 0 saturated carbocycles. The smallest absolute Gasteiger partial charge is 0.238 e. The molecule has 0 atom stereocenters. The van der Waals surface area contributed by atoms with Crippen molar-refractivity contribution in [2.45, 2.75) is 9.92 Å². The maximum Gasteiger partial charge on any atom is 0.238 e. The van der Waals surface area contributed by atoms with Crippen molar-refractivity contribution in [3.63, 3.8) is 0 Å². The molecule has 0 aliphatic carbocycles. The number of nitrogens with zero attached hydrogens (tertiary/aromatic N) is 2. The van der Waals surface area contributed by atoms with Crippen molar-refractivity contribution >= 4 is 33.4 Å². The van der Waals surface area contributed by atoms with E-state index in [0.717, 1.165) is 0 Å². The van der Waals surface area contributed by atoms with Gasteiger partial charge in [-0.15, -0.1) is 10.2 Å². The number of furan rings is 1. The first kappa shape index (κ1) is 18.1. The summed E-state index contributed by atoms with van der Waals surface area (Å²) in [6.45, 7) is 0. The molecule has 0 bridgehead atoms. The summed E-state index contributed by atoms with van der Waals surface area (Å²) < 4.78 is 27.9. The van der Waals surface area contributed by atoms with Crippen molar-refractivity contribution in [3.8, 4) is 11.5 Å². The number of sulfonamides is 1. The minimum Gasteiger partial charge on any atom is -0.463 e. The third kappa shape index (κ3) is 4.69. The molecule has 0 spiro atoms. The van der Waals surface area contributed by atoms with Crippen LogP contribution in [0.3, 0.4) is 0 Å². The molecule has 10 heteroatoms. The molecular formula is C16H14N4O4S2. The molecule has 1 amide bonds. The second-order valence-electron chi connectivity index (χ2n) is 5.14. The monoisotopic (exact) mass is 390 g/mol. The predicted octanol–water partition coefficient (Wildman–Crippen LogP) is 2.11. The molecular weight excluding hydrogens is 376 g/mol. The summed E-state index contributed by atoms with van der Waals surface area (Å²) in [7, 11) is -3.82. The van der Waals surface area contributed by atoms with Gasteiger partial charge in [-0.05, 0) is 42.5 Å². The third-order valence-corrected chi connectivity index (χ3v) is 5.04. The van der Waals surface area contributed by atoms with E-state index in [1.165, 1.54) is 30.0 Å². The first-order chi connectivity index (χ1) is 12.4. The fourth-order valence-electron chi connectivity index (χ4n) is 2.04. The van der Waals surface area contributed by atoms with Gasteiger partial charge in [-0.25, -0.2) is 13.6 Å². The van der Waals surface area contributed by atoms with Crippen LogP contribution >= 0.6 is 11.8 Å². The van der Waals surface area contributed by atoms with E-state index in [4.69, 9.17) is 9.56 Å². The molecule has 2 heterocycles. The Morgan fingerprint density at radius 1 is 1.15 bits per heavy atom. The normalized spacial score (nSPS) is 11.3. The Morgan fingerprint density at radius 3 is 2.65 bits per heavy atom. The van der Waals surface area contributed by atoms with Crippen molar-refractivity contribution in [1.29, 1.82) is 0 Å². The zero-order valence-electron chi connectivity index (χ0n) is 13.3. The number of primary sulfonamides is 1. The minimum absolute atomic E-state index is 0.0673. The number of benzene rings is 1. The minimum atomic E-state index is -3.82. The summed E-state index contributed by atoms with van der Waals surface area (Å²) in [6, 6.07) is 12.8. The van der Waals surface area contributed by atoms with Crippen LogP contribution in [-0.4, -0.2) is 30.3 Å². The van der Waals surface area contributed by atoms with E-state index in [9.17, 15) is 13.2 Å². The average Bonchev–Trinajstić information content (AvgIpc) is 3.14. The zero-order valence-corrected chi connectivity index (χ0v) is 15.0. The largest absolute Gasteiger partial charge is 0.463 e. The summed E-state index contributed by atoms with van der Waals surface area (Å²) in [5.74, 6) is 0.397. The summed E-state index contributed by atoms with van der Waals surface area (Å²) in [4.78, 5) is 12.0. The first-order valence-corrected chi connectivity index (χ1v) is 9.88. The van der Waals surface area contributed by atoms with E-state index >= 15 is 0 Å². The van der Waals surface area contributed by atoms with Crippen molar-refractivity contribution in [1.82, 2.24) is 10.2 Å². The molecule has 0 fully saturated rings. The van der Waals surface area contributed by atoms with Gasteiger partial charge in [0.05, 0.1) is 16.9 Å². The Kier molecular flexibility index (Phi) is 5.35. The van der Waals surface area contributed by atoms with Crippen LogP contribution in [0.4, 0.5) is 5.69 Å². The highest BCUT2D eigenvalue weighted by atomic mass is 32.2. The number of aromatic nitrogens is 2. The Labute approximate surface area is 153 Å².